The lowest BCUT2D eigenvalue weighted by atomic mass is 10.2. The number of carbonyl (C=O) groups is 2. The Morgan fingerprint density at radius 3 is 1.51 bits per heavy atom. The fraction of sp³-hybridized carbons (Fsp3) is 0.122. The Hall–Kier alpha value is -7.48. The number of carbonyl (C=O) groups excluding carboxylic acids is 2. The molecule has 5 aromatic carbocycles. The average molecular weight is 743 g/mol. The molecule has 0 fully saturated rings. The molecular formula is C41H34N4O10. The van der Waals surface area contributed by atoms with Crippen molar-refractivity contribution in [1.82, 2.24) is 20.4 Å². The van der Waals surface area contributed by atoms with Crippen molar-refractivity contribution in [2.24, 2.45) is 0 Å². The van der Waals surface area contributed by atoms with Gasteiger partial charge in [0.05, 0.1) is 25.3 Å². The van der Waals surface area contributed by atoms with Gasteiger partial charge in [0.25, 0.3) is 0 Å². The van der Waals surface area contributed by atoms with E-state index in [-0.39, 0.29) is 11.3 Å². The molecule has 2 heterocycles. The second kappa shape index (κ2) is 17.4. The minimum atomic E-state index is -0.558. The largest absolute Gasteiger partial charge is 0.508 e. The summed E-state index contributed by atoms with van der Waals surface area (Å²) in [4.78, 5) is 23.7. The van der Waals surface area contributed by atoms with Gasteiger partial charge in [-0.3, -0.25) is 0 Å². The SMILES string of the molecule is COC(=O)c1cc(O)cc(Oc2ccc(-c3nnc(C)o3)cc2)c1.COC(=O)c1cc(OCc2ccccc2)cc(Oc2ccc(-c3nnc(C)o3)cc2)c1. The van der Waals surface area contributed by atoms with Crippen LogP contribution in [0.2, 0.25) is 0 Å². The first-order chi connectivity index (χ1) is 26.6. The number of hydrogen-bond acceptors (Lipinski definition) is 14. The third-order valence-electron chi connectivity index (χ3n) is 7.59. The molecule has 0 amide bonds. The van der Waals surface area contributed by atoms with Crippen LogP contribution in [-0.4, -0.2) is 51.7 Å². The van der Waals surface area contributed by atoms with Crippen LogP contribution in [0.25, 0.3) is 22.9 Å². The molecule has 14 nitrogen and oxygen atoms in total. The van der Waals surface area contributed by atoms with Gasteiger partial charge in [0.15, 0.2) is 0 Å². The van der Waals surface area contributed by atoms with Crippen LogP contribution < -0.4 is 14.2 Å². The number of aryl methyl sites for hydroxylation is 2. The molecule has 0 aliphatic heterocycles. The van der Waals surface area contributed by atoms with Crippen molar-refractivity contribution in [2.45, 2.75) is 20.5 Å². The van der Waals surface area contributed by atoms with Gasteiger partial charge in [-0.15, -0.1) is 20.4 Å². The number of hydrogen-bond donors (Lipinski definition) is 1. The Kier molecular flexibility index (Phi) is 11.8. The van der Waals surface area contributed by atoms with E-state index in [1.165, 1.54) is 32.4 Å². The lowest BCUT2D eigenvalue weighted by molar-refractivity contribution is 0.0591. The van der Waals surface area contributed by atoms with Crippen LogP contribution in [0.1, 0.15) is 38.1 Å². The van der Waals surface area contributed by atoms with E-state index in [2.05, 4.69) is 25.1 Å². The van der Waals surface area contributed by atoms with Crippen LogP contribution in [0.5, 0.6) is 34.5 Å². The third-order valence-corrected chi connectivity index (χ3v) is 7.59. The van der Waals surface area contributed by atoms with Crippen molar-refractivity contribution >= 4 is 11.9 Å². The molecule has 0 spiro atoms. The van der Waals surface area contributed by atoms with Crippen molar-refractivity contribution in [3.63, 3.8) is 0 Å². The number of methoxy groups -OCH3 is 2. The van der Waals surface area contributed by atoms with Crippen LogP contribution in [0.4, 0.5) is 0 Å². The first-order valence-electron chi connectivity index (χ1n) is 16.6. The van der Waals surface area contributed by atoms with Crippen molar-refractivity contribution in [3.05, 3.63) is 144 Å². The molecule has 0 saturated heterocycles. The highest BCUT2D eigenvalue weighted by Crippen LogP contribution is 2.31. The zero-order valence-corrected chi connectivity index (χ0v) is 30.1. The smallest absolute Gasteiger partial charge is 0.338 e. The number of ether oxygens (including phenoxy) is 5. The van der Waals surface area contributed by atoms with Gasteiger partial charge >= 0.3 is 11.9 Å². The number of benzene rings is 5. The van der Waals surface area contributed by atoms with Crippen LogP contribution >= 0.6 is 0 Å². The molecule has 2 aromatic heterocycles. The van der Waals surface area contributed by atoms with Crippen molar-refractivity contribution in [2.75, 3.05) is 14.2 Å². The summed E-state index contributed by atoms with van der Waals surface area (Å²) in [6.07, 6.45) is 0. The first-order valence-corrected chi connectivity index (χ1v) is 16.6. The standard InChI is InChI=1S/C24H20N2O5.C17H14N2O5/c1-16-25-26-23(30-16)18-8-10-20(11-9-18)31-22-13-19(24(27)28-2)12-21(14-22)29-15-17-6-4-3-5-7-17;1-10-18-19-16(23-10)11-3-5-14(6-4-11)24-15-8-12(17(21)22-2)7-13(20)9-15/h3-14H,15H2,1-2H3;3-9,20H,1-2H3. The fourth-order valence-electron chi connectivity index (χ4n) is 5.00. The highest BCUT2D eigenvalue weighted by Gasteiger charge is 2.14. The number of phenols is 1. The van der Waals surface area contributed by atoms with E-state index in [1.54, 1.807) is 68.4 Å². The summed E-state index contributed by atoms with van der Waals surface area (Å²) in [5.74, 6) is 3.09. The van der Waals surface area contributed by atoms with Crippen molar-refractivity contribution in [1.29, 1.82) is 0 Å². The molecular weight excluding hydrogens is 708 g/mol. The van der Waals surface area contributed by atoms with E-state index in [1.807, 2.05) is 42.5 Å². The molecule has 0 atom stereocenters. The molecule has 7 rings (SSSR count). The molecule has 0 bridgehead atoms. The van der Waals surface area contributed by atoms with Gasteiger partial charge in [0.1, 0.15) is 41.1 Å². The normalized spacial score (nSPS) is 10.5. The van der Waals surface area contributed by atoms with Gasteiger partial charge in [-0.25, -0.2) is 9.59 Å². The number of rotatable bonds is 11. The maximum Gasteiger partial charge on any atom is 0.338 e. The second-order valence-corrected chi connectivity index (χ2v) is 11.7. The Morgan fingerprint density at radius 1 is 0.564 bits per heavy atom. The van der Waals surface area contributed by atoms with E-state index in [4.69, 9.17) is 27.8 Å². The summed E-state index contributed by atoms with van der Waals surface area (Å²) in [6, 6.07) is 33.1. The Balaban J connectivity index is 0.000000193. The monoisotopic (exact) mass is 742 g/mol. The van der Waals surface area contributed by atoms with Crippen molar-refractivity contribution in [3.8, 4) is 57.4 Å². The summed E-state index contributed by atoms with van der Waals surface area (Å²) in [5, 5.41) is 25.2. The highest BCUT2D eigenvalue weighted by atomic mass is 16.5. The zero-order valence-electron chi connectivity index (χ0n) is 30.1. The average Bonchev–Trinajstić information content (AvgIpc) is 3.85. The first kappa shape index (κ1) is 37.3. The van der Waals surface area contributed by atoms with E-state index >= 15 is 0 Å². The fourth-order valence-corrected chi connectivity index (χ4v) is 5.00. The molecule has 0 saturated carbocycles. The number of phenolic OH excluding ortho intramolecular Hbond substituents is 1. The predicted octanol–water partition coefficient (Wildman–Crippen LogP) is 8.53. The molecule has 0 radical (unpaired) electrons. The van der Waals surface area contributed by atoms with Crippen LogP contribution in [-0.2, 0) is 16.1 Å². The molecule has 55 heavy (non-hydrogen) atoms. The number of aromatic nitrogens is 4. The van der Waals surface area contributed by atoms with Gasteiger partial charge in [0, 0.05) is 37.1 Å². The molecule has 1 N–H and O–H groups in total. The third kappa shape index (κ3) is 10.1. The number of nitrogens with zero attached hydrogens (tertiary/aromatic N) is 4. The Labute approximate surface area is 314 Å². The topological polar surface area (TPSA) is 178 Å². The Bertz CT molecular complexity index is 2370. The lowest BCUT2D eigenvalue weighted by Crippen LogP contribution is -2.03. The van der Waals surface area contributed by atoms with E-state index in [0.29, 0.717) is 64.5 Å². The summed E-state index contributed by atoms with van der Waals surface area (Å²) in [7, 11) is 2.60. The molecule has 0 aliphatic rings. The quantitative estimate of drug-likeness (QED) is 0.125. The molecule has 0 unspecified atom stereocenters. The number of aromatic hydroxyl groups is 1. The van der Waals surface area contributed by atoms with Crippen LogP contribution in [0.3, 0.4) is 0 Å². The molecule has 278 valence electrons. The molecule has 0 aliphatic carbocycles. The minimum Gasteiger partial charge on any atom is -0.508 e. The molecule has 7 aromatic rings. The van der Waals surface area contributed by atoms with Gasteiger partial charge < -0.3 is 37.6 Å². The van der Waals surface area contributed by atoms with Gasteiger partial charge in [-0.2, -0.15) is 0 Å². The predicted molar refractivity (Wildman–Crippen MR) is 197 cm³/mol. The van der Waals surface area contributed by atoms with Crippen LogP contribution in [0.15, 0.2) is 124 Å². The van der Waals surface area contributed by atoms with E-state index < -0.39 is 11.9 Å². The van der Waals surface area contributed by atoms with Gasteiger partial charge in [0.2, 0.25) is 23.6 Å². The van der Waals surface area contributed by atoms with Gasteiger partial charge in [-0.05, 0) is 78.4 Å². The summed E-state index contributed by atoms with van der Waals surface area (Å²) < 4.78 is 37.7. The van der Waals surface area contributed by atoms with E-state index in [0.717, 1.165) is 16.7 Å². The van der Waals surface area contributed by atoms with Crippen LogP contribution in [0, 0.1) is 13.8 Å². The van der Waals surface area contributed by atoms with Gasteiger partial charge in [-0.1, -0.05) is 30.3 Å². The Morgan fingerprint density at radius 2 is 1.04 bits per heavy atom. The number of esters is 2. The minimum absolute atomic E-state index is 0.0918. The summed E-state index contributed by atoms with van der Waals surface area (Å²) >= 11 is 0. The van der Waals surface area contributed by atoms with Crippen molar-refractivity contribution < 1.29 is 47.2 Å². The maximum absolute atomic E-state index is 12.1. The zero-order chi connectivity index (χ0) is 38.7. The molecule has 14 heteroatoms. The lowest BCUT2D eigenvalue weighted by Gasteiger charge is -2.12. The highest BCUT2D eigenvalue weighted by molar-refractivity contribution is 5.91. The second-order valence-electron chi connectivity index (χ2n) is 11.7. The maximum atomic E-state index is 12.1. The summed E-state index contributed by atoms with van der Waals surface area (Å²) in [6.45, 7) is 3.82. The van der Waals surface area contributed by atoms with E-state index in [9.17, 15) is 14.7 Å². The summed E-state index contributed by atoms with van der Waals surface area (Å²) in [5.41, 5.74) is 3.09.